The molecule has 0 N–H and O–H groups in total. The molecule has 2 atom stereocenters. The van der Waals surface area contributed by atoms with Gasteiger partial charge in [-0.15, -0.1) is 0 Å². The standard InChI is InChI=1S/C18H17NO3/c1-13-16(18(20)21-12-14-8-4-2-5-9-14)19-17(22-13)15-10-6-3-7-11-15/h2-11,13,16H,12H2,1H3/t13-,16+/m1/s1. The summed E-state index contributed by atoms with van der Waals surface area (Å²) < 4.78 is 11.0. The van der Waals surface area contributed by atoms with Gasteiger partial charge in [0.05, 0.1) is 0 Å². The van der Waals surface area contributed by atoms with Crippen molar-refractivity contribution in [3.05, 3.63) is 71.8 Å². The number of rotatable bonds is 4. The molecular weight excluding hydrogens is 278 g/mol. The summed E-state index contributed by atoms with van der Waals surface area (Å²) >= 11 is 0. The third kappa shape index (κ3) is 3.17. The van der Waals surface area contributed by atoms with Crippen LogP contribution in [0.25, 0.3) is 0 Å². The Balaban J connectivity index is 1.66. The third-order valence-electron chi connectivity index (χ3n) is 3.48. The molecule has 112 valence electrons. The number of carbonyl (C=O) groups is 1. The van der Waals surface area contributed by atoms with Crippen LogP contribution in [0, 0.1) is 0 Å². The topological polar surface area (TPSA) is 47.9 Å². The second kappa shape index (κ2) is 6.43. The lowest BCUT2D eigenvalue weighted by atomic mass is 10.2. The van der Waals surface area contributed by atoms with Crippen LogP contribution in [0.15, 0.2) is 65.7 Å². The van der Waals surface area contributed by atoms with Crippen LogP contribution in [0.2, 0.25) is 0 Å². The van der Waals surface area contributed by atoms with E-state index in [9.17, 15) is 4.79 Å². The molecule has 0 aromatic heterocycles. The fourth-order valence-corrected chi connectivity index (χ4v) is 2.28. The minimum absolute atomic E-state index is 0.249. The van der Waals surface area contributed by atoms with Crippen molar-refractivity contribution in [1.82, 2.24) is 0 Å². The number of ether oxygens (including phenoxy) is 2. The first-order chi connectivity index (χ1) is 10.7. The highest BCUT2D eigenvalue weighted by molar-refractivity contribution is 5.97. The Bertz CT molecular complexity index is 667. The van der Waals surface area contributed by atoms with E-state index in [-0.39, 0.29) is 18.7 Å². The van der Waals surface area contributed by atoms with Gasteiger partial charge in [-0.25, -0.2) is 9.79 Å². The molecule has 4 nitrogen and oxygen atoms in total. The maximum Gasteiger partial charge on any atom is 0.335 e. The second-order valence-electron chi connectivity index (χ2n) is 5.16. The van der Waals surface area contributed by atoms with Crippen molar-refractivity contribution < 1.29 is 14.3 Å². The van der Waals surface area contributed by atoms with Gasteiger partial charge in [-0.3, -0.25) is 0 Å². The maximum atomic E-state index is 12.2. The zero-order chi connectivity index (χ0) is 15.4. The molecule has 2 aromatic rings. The molecule has 1 aliphatic heterocycles. The van der Waals surface area contributed by atoms with E-state index < -0.39 is 6.04 Å². The van der Waals surface area contributed by atoms with E-state index in [1.807, 2.05) is 67.6 Å². The summed E-state index contributed by atoms with van der Waals surface area (Å²) in [7, 11) is 0. The molecule has 0 saturated heterocycles. The van der Waals surface area contributed by atoms with Gasteiger partial charge in [0.25, 0.3) is 0 Å². The van der Waals surface area contributed by atoms with Gasteiger partial charge >= 0.3 is 5.97 Å². The molecule has 0 unspecified atom stereocenters. The first kappa shape index (κ1) is 14.3. The quantitative estimate of drug-likeness (QED) is 0.815. The Hall–Kier alpha value is -2.62. The SMILES string of the molecule is C[C@H]1OC(c2ccccc2)=N[C@@H]1C(=O)OCc1ccccc1. The summed E-state index contributed by atoms with van der Waals surface area (Å²) in [6.07, 6.45) is -0.321. The van der Waals surface area contributed by atoms with Crippen molar-refractivity contribution in [2.24, 2.45) is 4.99 Å². The number of aliphatic imine (C=N–C) groups is 1. The van der Waals surface area contributed by atoms with E-state index in [1.165, 1.54) is 0 Å². The summed E-state index contributed by atoms with van der Waals surface area (Å²) in [6.45, 7) is 2.08. The zero-order valence-corrected chi connectivity index (χ0v) is 12.3. The highest BCUT2D eigenvalue weighted by Crippen LogP contribution is 2.19. The minimum Gasteiger partial charge on any atom is -0.472 e. The van der Waals surface area contributed by atoms with Crippen molar-refractivity contribution in [1.29, 1.82) is 0 Å². The molecule has 4 heteroatoms. The van der Waals surface area contributed by atoms with E-state index in [0.717, 1.165) is 11.1 Å². The van der Waals surface area contributed by atoms with Crippen LogP contribution >= 0.6 is 0 Å². The van der Waals surface area contributed by atoms with Crippen molar-refractivity contribution >= 4 is 11.9 Å². The highest BCUT2D eigenvalue weighted by Gasteiger charge is 2.34. The second-order valence-corrected chi connectivity index (χ2v) is 5.16. The number of nitrogens with zero attached hydrogens (tertiary/aromatic N) is 1. The highest BCUT2D eigenvalue weighted by atomic mass is 16.5. The lowest BCUT2D eigenvalue weighted by molar-refractivity contribution is -0.147. The molecule has 0 spiro atoms. The Morgan fingerprint density at radius 1 is 1.09 bits per heavy atom. The van der Waals surface area contributed by atoms with E-state index in [1.54, 1.807) is 0 Å². The first-order valence-electron chi connectivity index (χ1n) is 7.24. The van der Waals surface area contributed by atoms with Crippen LogP contribution in [-0.4, -0.2) is 24.0 Å². The average Bonchev–Trinajstić information content (AvgIpc) is 2.96. The van der Waals surface area contributed by atoms with Crippen molar-refractivity contribution in [3.8, 4) is 0 Å². The largest absolute Gasteiger partial charge is 0.472 e. The van der Waals surface area contributed by atoms with Crippen LogP contribution in [-0.2, 0) is 20.9 Å². The summed E-state index contributed by atoms with van der Waals surface area (Å²) in [5.41, 5.74) is 1.82. The van der Waals surface area contributed by atoms with E-state index in [2.05, 4.69) is 4.99 Å². The van der Waals surface area contributed by atoms with Gasteiger partial charge < -0.3 is 9.47 Å². The maximum absolute atomic E-state index is 12.2. The van der Waals surface area contributed by atoms with E-state index in [4.69, 9.17) is 9.47 Å². The van der Waals surface area contributed by atoms with Gasteiger partial charge in [-0.1, -0.05) is 48.5 Å². The van der Waals surface area contributed by atoms with Gasteiger partial charge in [0.1, 0.15) is 12.7 Å². The molecule has 2 aromatic carbocycles. The molecule has 1 heterocycles. The smallest absolute Gasteiger partial charge is 0.335 e. The van der Waals surface area contributed by atoms with Gasteiger partial charge in [0.15, 0.2) is 6.04 Å². The summed E-state index contributed by atoms with van der Waals surface area (Å²) in [4.78, 5) is 16.6. The average molecular weight is 295 g/mol. The minimum atomic E-state index is -0.612. The molecule has 22 heavy (non-hydrogen) atoms. The predicted molar refractivity (Wildman–Crippen MR) is 83.6 cm³/mol. The third-order valence-corrected chi connectivity index (χ3v) is 3.48. The number of esters is 1. The van der Waals surface area contributed by atoms with Crippen LogP contribution in [0.5, 0.6) is 0 Å². The molecule has 0 fully saturated rings. The number of benzene rings is 2. The lowest BCUT2D eigenvalue weighted by Gasteiger charge is -2.12. The Kier molecular flexibility index (Phi) is 4.19. The Morgan fingerprint density at radius 2 is 1.73 bits per heavy atom. The first-order valence-corrected chi connectivity index (χ1v) is 7.24. The zero-order valence-electron chi connectivity index (χ0n) is 12.3. The summed E-state index contributed by atoms with van der Waals surface area (Å²) in [5.74, 6) is 0.136. The Morgan fingerprint density at radius 3 is 2.41 bits per heavy atom. The normalized spacial score (nSPS) is 20.1. The lowest BCUT2D eigenvalue weighted by Crippen LogP contribution is -2.29. The predicted octanol–water partition coefficient (Wildman–Crippen LogP) is 2.96. The van der Waals surface area contributed by atoms with Crippen LogP contribution in [0.4, 0.5) is 0 Å². The number of hydrogen-bond acceptors (Lipinski definition) is 4. The summed E-state index contributed by atoms with van der Waals surface area (Å²) in [6, 6.07) is 18.5. The molecule has 0 radical (unpaired) electrons. The van der Waals surface area contributed by atoms with Crippen LogP contribution in [0.1, 0.15) is 18.1 Å². The molecule has 1 aliphatic rings. The summed E-state index contributed by atoms with van der Waals surface area (Å²) in [5, 5.41) is 0. The van der Waals surface area contributed by atoms with Gasteiger partial charge in [0.2, 0.25) is 5.90 Å². The van der Waals surface area contributed by atoms with Gasteiger partial charge in [-0.2, -0.15) is 0 Å². The number of carbonyl (C=O) groups excluding carboxylic acids is 1. The van der Waals surface area contributed by atoms with Crippen molar-refractivity contribution in [2.75, 3.05) is 0 Å². The monoisotopic (exact) mass is 295 g/mol. The molecule has 0 aliphatic carbocycles. The van der Waals surface area contributed by atoms with Gasteiger partial charge in [0, 0.05) is 5.56 Å². The molecule has 3 rings (SSSR count). The van der Waals surface area contributed by atoms with Crippen LogP contribution < -0.4 is 0 Å². The molecule has 0 amide bonds. The fourth-order valence-electron chi connectivity index (χ4n) is 2.28. The van der Waals surface area contributed by atoms with E-state index in [0.29, 0.717) is 5.90 Å². The van der Waals surface area contributed by atoms with E-state index >= 15 is 0 Å². The fraction of sp³-hybridized carbons (Fsp3) is 0.222. The molecular formula is C18H17NO3. The number of hydrogen-bond donors (Lipinski definition) is 0. The van der Waals surface area contributed by atoms with Crippen molar-refractivity contribution in [3.63, 3.8) is 0 Å². The van der Waals surface area contributed by atoms with Crippen LogP contribution in [0.3, 0.4) is 0 Å². The molecule has 0 bridgehead atoms. The van der Waals surface area contributed by atoms with Gasteiger partial charge in [-0.05, 0) is 24.6 Å². The Labute approximate surface area is 129 Å². The van der Waals surface area contributed by atoms with Crippen molar-refractivity contribution in [2.45, 2.75) is 25.7 Å². The molecule has 0 saturated carbocycles.